The van der Waals surface area contributed by atoms with Crippen LogP contribution < -0.4 is 0 Å². The van der Waals surface area contributed by atoms with Gasteiger partial charge in [0.25, 0.3) is 0 Å². The van der Waals surface area contributed by atoms with Crippen molar-refractivity contribution in [1.29, 1.82) is 0 Å². The van der Waals surface area contributed by atoms with Gasteiger partial charge in [0, 0.05) is 29.8 Å². The van der Waals surface area contributed by atoms with Crippen LogP contribution in [0.1, 0.15) is 43.3 Å². The summed E-state index contributed by atoms with van der Waals surface area (Å²) in [6.45, 7) is 10.7. The number of carbonyl (C=O) groups excluding carboxylic acids is 1. The molecule has 0 bridgehead atoms. The molecular weight excluding hydrogens is 232 g/mol. The van der Waals surface area contributed by atoms with Gasteiger partial charge in [0.05, 0.1) is 17.2 Å². The molecule has 0 aromatic carbocycles. The number of hydrogen-bond acceptors (Lipinski definition) is 4. The molecule has 94 valence electrons. The highest BCUT2D eigenvalue weighted by molar-refractivity contribution is 7.11. The van der Waals surface area contributed by atoms with Crippen molar-refractivity contribution in [3.8, 4) is 0 Å². The van der Waals surface area contributed by atoms with Gasteiger partial charge in [-0.3, -0.25) is 9.69 Å². The standard InChI is InChI=1S/C13H20N2OS/c1-9(16)7-15-6-5-10-11(8-15)17-12(14-10)13(2,3)4/h5-8H2,1-4H3. The van der Waals surface area contributed by atoms with Crippen LogP contribution in [0.25, 0.3) is 0 Å². The van der Waals surface area contributed by atoms with Crippen LogP contribution in [-0.4, -0.2) is 28.8 Å². The molecule has 1 aliphatic heterocycles. The average Bonchev–Trinajstić information content (AvgIpc) is 2.58. The van der Waals surface area contributed by atoms with E-state index in [1.165, 1.54) is 15.6 Å². The third-order valence-electron chi connectivity index (χ3n) is 2.90. The number of ketones is 1. The van der Waals surface area contributed by atoms with E-state index >= 15 is 0 Å². The second kappa shape index (κ2) is 4.50. The molecule has 1 aromatic rings. The van der Waals surface area contributed by atoms with Crippen molar-refractivity contribution in [3.05, 3.63) is 15.6 Å². The van der Waals surface area contributed by atoms with E-state index in [0.717, 1.165) is 19.5 Å². The molecule has 0 saturated heterocycles. The van der Waals surface area contributed by atoms with Crippen LogP contribution in [0.3, 0.4) is 0 Å². The van der Waals surface area contributed by atoms with Crippen LogP contribution in [0.15, 0.2) is 0 Å². The Labute approximate surface area is 107 Å². The van der Waals surface area contributed by atoms with Gasteiger partial charge in [-0.2, -0.15) is 0 Å². The van der Waals surface area contributed by atoms with Crippen LogP contribution in [0.2, 0.25) is 0 Å². The van der Waals surface area contributed by atoms with Crippen LogP contribution in [0.4, 0.5) is 0 Å². The molecule has 0 aliphatic carbocycles. The molecule has 2 heterocycles. The number of hydrogen-bond donors (Lipinski definition) is 0. The first kappa shape index (κ1) is 12.7. The molecule has 0 spiro atoms. The van der Waals surface area contributed by atoms with Crippen LogP contribution in [0, 0.1) is 0 Å². The van der Waals surface area contributed by atoms with Crippen molar-refractivity contribution in [2.45, 2.75) is 46.1 Å². The van der Waals surface area contributed by atoms with Gasteiger partial charge in [-0.25, -0.2) is 4.98 Å². The molecule has 17 heavy (non-hydrogen) atoms. The number of aromatic nitrogens is 1. The summed E-state index contributed by atoms with van der Waals surface area (Å²) in [7, 11) is 0. The molecule has 0 fully saturated rings. The summed E-state index contributed by atoms with van der Waals surface area (Å²) in [4.78, 5) is 19.4. The van der Waals surface area contributed by atoms with E-state index in [4.69, 9.17) is 4.98 Å². The van der Waals surface area contributed by atoms with Crippen molar-refractivity contribution in [2.24, 2.45) is 0 Å². The predicted octanol–water partition coefficient (Wildman–Crippen LogP) is 2.39. The van der Waals surface area contributed by atoms with Gasteiger partial charge in [0.1, 0.15) is 5.78 Å². The minimum atomic E-state index is 0.132. The van der Waals surface area contributed by atoms with Crippen molar-refractivity contribution < 1.29 is 4.79 Å². The molecule has 0 radical (unpaired) electrons. The molecule has 4 heteroatoms. The zero-order valence-electron chi connectivity index (χ0n) is 11.0. The Morgan fingerprint density at radius 1 is 1.47 bits per heavy atom. The highest BCUT2D eigenvalue weighted by Gasteiger charge is 2.25. The Morgan fingerprint density at radius 3 is 2.76 bits per heavy atom. The average molecular weight is 252 g/mol. The lowest BCUT2D eigenvalue weighted by atomic mass is 9.98. The van der Waals surface area contributed by atoms with Crippen molar-refractivity contribution >= 4 is 17.1 Å². The third-order valence-corrected chi connectivity index (χ3v) is 4.41. The Kier molecular flexibility index (Phi) is 3.36. The summed E-state index contributed by atoms with van der Waals surface area (Å²) >= 11 is 1.81. The van der Waals surface area contributed by atoms with E-state index in [-0.39, 0.29) is 11.2 Å². The van der Waals surface area contributed by atoms with Gasteiger partial charge in [-0.1, -0.05) is 20.8 Å². The smallest absolute Gasteiger partial charge is 0.143 e. The Balaban J connectivity index is 2.16. The number of carbonyl (C=O) groups is 1. The first-order valence-electron chi connectivity index (χ1n) is 6.07. The minimum Gasteiger partial charge on any atom is -0.299 e. The molecule has 1 aromatic heterocycles. The summed E-state index contributed by atoms with van der Waals surface area (Å²) in [5, 5.41) is 1.21. The van der Waals surface area contributed by atoms with E-state index < -0.39 is 0 Å². The van der Waals surface area contributed by atoms with Gasteiger partial charge in [-0.05, 0) is 6.92 Å². The minimum absolute atomic E-state index is 0.132. The maximum absolute atomic E-state index is 11.1. The highest BCUT2D eigenvalue weighted by atomic mass is 32.1. The summed E-state index contributed by atoms with van der Waals surface area (Å²) in [6.07, 6.45) is 0.981. The Hall–Kier alpha value is -0.740. The molecule has 3 nitrogen and oxygen atoms in total. The fourth-order valence-corrected chi connectivity index (χ4v) is 3.23. The zero-order valence-corrected chi connectivity index (χ0v) is 11.9. The molecule has 2 rings (SSSR count). The van der Waals surface area contributed by atoms with Crippen molar-refractivity contribution in [3.63, 3.8) is 0 Å². The van der Waals surface area contributed by atoms with Crippen LogP contribution >= 0.6 is 11.3 Å². The summed E-state index contributed by atoms with van der Waals surface area (Å²) in [5.41, 5.74) is 1.38. The predicted molar refractivity (Wildman–Crippen MR) is 70.5 cm³/mol. The molecular formula is C13H20N2OS. The summed E-state index contributed by atoms with van der Waals surface area (Å²) in [6, 6.07) is 0. The maximum Gasteiger partial charge on any atom is 0.143 e. The monoisotopic (exact) mass is 252 g/mol. The second-order valence-electron chi connectivity index (χ2n) is 5.80. The molecule has 0 atom stereocenters. The first-order valence-corrected chi connectivity index (χ1v) is 6.89. The lowest BCUT2D eigenvalue weighted by Gasteiger charge is -2.24. The second-order valence-corrected chi connectivity index (χ2v) is 6.89. The van der Waals surface area contributed by atoms with Crippen LogP contribution in [-0.2, 0) is 23.2 Å². The lowest BCUT2D eigenvalue weighted by Crippen LogP contribution is -2.33. The summed E-state index contributed by atoms with van der Waals surface area (Å²) in [5.74, 6) is 0.244. The van der Waals surface area contributed by atoms with Crippen molar-refractivity contribution in [2.75, 3.05) is 13.1 Å². The number of fused-ring (bicyclic) bond motifs is 1. The zero-order chi connectivity index (χ0) is 12.6. The molecule has 0 N–H and O–H groups in total. The number of nitrogens with zero attached hydrogens (tertiary/aromatic N) is 2. The molecule has 0 amide bonds. The molecule has 0 saturated carbocycles. The Morgan fingerprint density at radius 2 is 2.18 bits per heavy atom. The van der Waals surface area contributed by atoms with E-state index in [1.807, 2.05) is 11.3 Å². The SMILES string of the molecule is CC(=O)CN1CCc2nc(C(C)(C)C)sc2C1. The number of thiazole rings is 1. The molecule has 0 unspecified atom stereocenters. The fraction of sp³-hybridized carbons (Fsp3) is 0.692. The van der Waals surface area contributed by atoms with Gasteiger partial charge in [-0.15, -0.1) is 11.3 Å². The first-order chi connectivity index (χ1) is 7.86. The third kappa shape index (κ3) is 2.93. The van der Waals surface area contributed by atoms with Crippen molar-refractivity contribution in [1.82, 2.24) is 9.88 Å². The van der Waals surface area contributed by atoms with E-state index in [1.54, 1.807) is 6.92 Å². The van der Waals surface area contributed by atoms with E-state index in [2.05, 4.69) is 25.7 Å². The lowest BCUT2D eigenvalue weighted by molar-refractivity contribution is -0.118. The quantitative estimate of drug-likeness (QED) is 0.810. The van der Waals surface area contributed by atoms with Gasteiger partial charge in [0.2, 0.25) is 0 Å². The summed E-state index contributed by atoms with van der Waals surface area (Å²) < 4.78 is 0. The Bertz CT molecular complexity index is 431. The molecule has 1 aliphatic rings. The highest BCUT2D eigenvalue weighted by Crippen LogP contribution is 2.32. The van der Waals surface area contributed by atoms with Gasteiger partial charge >= 0.3 is 0 Å². The maximum atomic E-state index is 11.1. The van der Waals surface area contributed by atoms with Gasteiger partial charge < -0.3 is 0 Å². The largest absolute Gasteiger partial charge is 0.299 e. The fourth-order valence-electron chi connectivity index (χ4n) is 2.02. The van der Waals surface area contributed by atoms with Crippen LogP contribution in [0.5, 0.6) is 0 Å². The normalized spacial score (nSPS) is 16.9. The van der Waals surface area contributed by atoms with E-state index in [9.17, 15) is 4.79 Å². The van der Waals surface area contributed by atoms with E-state index in [0.29, 0.717) is 6.54 Å². The number of rotatable bonds is 2. The van der Waals surface area contributed by atoms with Gasteiger partial charge in [0.15, 0.2) is 0 Å². The number of Topliss-reactive ketones (excluding diaryl/α,β-unsaturated/α-hetero) is 1. The topological polar surface area (TPSA) is 33.2 Å².